The van der Waals surface area contributed by atoms with Crippen LogP contribution in [0.4, 0.5) is 0 Å². The zero-order chi connectivity index (χ0) is 38.9. The van der Waals surface area contributed by atoms with Crippen molar-refractivity contribution in [3.63, 3.8) is 0 Å². The van der Waals surface area contributed by atoms with Crippen molar-refractivity contribution < 1.29 is 0 Å². The monoisotopic (exact) mass is 746 g/mol. The van der Waals surface area contributed by atoms with Gasteiger partial charge in [-0.3, -0.25) is 0 Å². The van der Waals surface area contributed by atoms with E-state index in [1.54, 1.807) is 0 Å². The van der Waals surface area contributed by atoms with Gasteiger partial charge < -0.3 is 0 Å². The largest absolute Gasteiger partial charge is 0.0713 e. The van der Waals surface area contributed by atoms with Crippen molar-refractivity contribution in [2.75, 3.05) is 0 Å². The fourth-order valence-electron chi connectivity index (χ4n) is 10.3. The van der Waals surface area contributed by atoms with E-state index in [2.05, 4.69) is 231 Å². The summed E-state index contributed by atoms with van der Waals surface area (Å²) < 4.78 is 0. The molecule has 0 amide bonds. The van der Waals surface area contributed by atoms with Gasteiger partial charge in [-0.25, -0.2) is 0 Å². The number of rotatable bonds is 5. The second kappa shape index (κ2) is 13.3. The summed E-state index contributed by atoms with van der Waals surface area (Å²) in [6.07, 6.45) is 0. The summed E-state index contributed by atoms with van der Waals surface area (Å²) in [5.41, 5.74) is 14.9. The van der Waals surface area contributed by atoms with Crippen LogP contribution in [0.3, 0.4) is 0 Å². The molecule has 1 aliphatic carbocycles. The van der Waals surface area contributed by atoms with Crippen LogP contribution in [0.25, 0.3) is 87.6 Å². The number of fused-ring (bicyclic) bond motifs is 7. The summed E-state index contributed by atoms with van der Waals surface area (Å²) in [5.74, 6) is 0. The lowest BCUT2D eigenvalue weighted by atomic mass is 9.67. The van der Waals surface area contributed by atoms with Crippen LogP contribution in [0, 0.1) is 0 Å². The first kappa shape index (κ1) is 33.6. The lowest BCUT2D eigenvalue weighted by Gasteiger charge is -2.34. The molecule has 1 aliphatic rings. The number of hydrogen-bond donors (Lipinski definition) is 0. The van der Waals surface area contributed by atoms with Crippen LogP contribution >= 0.6 is 0 Å². The Morgan fingerprint density at radius 2 is 0.661 bits per heavy atom. The van der Waals surface area contributed by atoms with Gasteiger partial charge in [-0.2, -0.15) is 0 Å². The highest BCUT2D eigenvalue weighted by molar-refractivity contribution is 6.22. The first-order chi connectivity index (χ1) is 29.3. The minimum Gasteiger partial charge on any atom is -0.0622 e. The van der Waals surface area contributed by atoms with E-state index in [-0.39, 0.29) is 0 Å². The second-order valence-electron chi connectivity index (χ2n) is 16.0. The van der Waals surface area contributed by atoms with Crippen LogP contribution < -0.4 is 0 Å². The topological polar surface area (TPSA) is 0 Å². The third-order valence-corrected chi connectivity index (χ3v) is 12.9. The molecule has 0 unspecified atom stereocenters. The predicted molar refractivity (Wildman–Crippen MR) is 250 cm³/mol. The summed E-state index contributed by atoms with van der Waals surface area (Å²) in [6, 6.07) is 85.7. The Kier molecular flexibility index (Phi) is 7.55. The Morgan fingerprint density at radius 1 is 0.237 bits per heavy atom. The summed E-state index contributed by atoms with van der Waals surface area (Å²) in [7, 11) is 0. The molecule has 59 heavy (non-hydrogen) atoms. The summed E-state index contributed by atoms with van der Waals surface area (Å²) in [5, 5.41) is 10.0. The van der Waals surface area contributed by atoms with Crippen molar-refractivity contribution in [2.24, 2.45) is 0 Å². The Balaban J connectivity index is 1.07. The van der Waals surface area contributed by atoms with E-state index < -0.39 is 5.41 Å². The van der Waals surface area contributed by atoms with Crippen molar-refractivity contribution >= 4 is 43.1 Å². The standard InChI is InChI=1S/C59H38/c1-4-16-39(17-5-1)40-28-29-42-35-44(32-30-41(42)34-40)57-50-23-10-12-25-52(50)58(53-26-13-11-24-51(53)57)45-33-31-43-37-54-49-22-14-15-27-55(49)59(47-18-6-2-7-19-47,48-20-8-3-9-21-48)56(54)38-46(43)36-45/h1-38H. The zero-order valence-corrected chi connectivity index (χ0v) is 32.4. The Morgan fingerprint density at radius 3 is 1.22 bits per heavy atom. The molecule has 12 rings (SSSR count). The number of hydrogen-bond acceptors (Lipinski definition) is 0. The summed E-state index contributed by atoms with van der Waals surface area (Å²) >= 11 is 0. The van der Waals surface area contributed by atoms with Crippen molar-refractivity contribution in [3.8, 4) is 44.5 Å². The van der Waals surface area contributed by atoms with Crippen molar-refractivity contribution in [2.45, 2.75) is 5.41 Å². The average molecular weight is 747 g/mol. The molecule has 0 radical (unpaired) electrons. The molecule has 0 bridgehead atoms. The molecule has 0 aliphatic heterocycles. The molecule has 0 aromatic heterocycles. The van der Waals surface area contributed by atoms with Crippen LogP contribution in [-0.4, -0.2) is 0 Å². The van der Waals surface area contributed by atoms with Gasteiger partial charge in [0.25, 0.3) is 0 Å². The smallest absolute Gasteiger partial charge is 0.0622 e. The fraction of sp³-hybridized carbons (Fsp3) is 0.0169. The van der Waals surface area contributed by atoms with Gasteiger partial charge in [0.05, 0.1) is 5.41 Å². The Bertz CT molecular complexity index is 3320. The van der Waals surface area contributed by atoms with Gasteiger partial charge in [0.15, 0.2) is 0 Å². The van der Waals surface area contributed by atoms with E-state index in [0.717, 1.165) is 0 Å². The molecule has 0 heteroatoms. The molecule has 0 N–H and O–H groups in total. The lowest BCUT2D eigenvalue weighted by Crippen LogP contribution is -2.28. The Labute approximate surface area is 344 Å². The van der Waals surface area contributed by atoms with E-state index in [9.17, 15) is 0 Å². The van der Waals surface area contributed by atoms with Crippen LogP contribution in [0.15, 0.2) is 231 Å². The van der Waals surface area contributed by atoms with E-state index in [1.165, 1.54) is 110 Å². The third kappa shape index (κ3) is 5.10. The highest BCUT2D eigenvalue weighted by Crippen LogP contribution is 2.57. The first-order valence-corrected chi connectivity index (χ1v) is 20.6. The van der Waals surface area contributed by atoms with Gasteiger partial charge in [-0.1, -0.05) is 200 Å². The summed E-state index contributed by atoms with van der Waals surface area (Å²) in [4.78, 5) is 0. The maximum atomic E-state index is 2.49. The average Bonchev–Trinajstić information content (AvgIpc) is 3.60. The molecule has 0 fully saturated rings. The quantitative estimate of drug-likeness (QED) is 0.154. The van der Waals surface area contributed by atoms with Crippen molar-refractivity contribution in [1.82, 2.24) is 0 Å². The zero-order valence-electron chi connectivity index (χ0n) is 32.4. The predicted octanol–water partition coefficient (Wildman–Crippen LogP) is 15.7. The summed E-state index contributed by atoms with van der Waals surface area (Å²) in [6.45, 7) is 0. The highest BCUT2D eigenvalue weighted by atomic mass is 14.5. The van der Waals surface area contributed by atoms with Crippen LogP contribution in [0.5, 0.6) is 0 Å². The van der Waals surface area contributed by atoms with Crippen LogP contribution in [0.2, 0.25) is 0 Å². The van der Waals surface area contributed by atoms with E-state index in [1.807, 2.05) is 0 Å². The van der Waals surface area contributed by atoms with Crippen molar-refractivity contribution in [1.29, 1.82) is 0 Å². The van der Waals surface area contributed by atoms with E-state index in [4.69, 9.17) is 0 Å². The molecule has 0 atom stereocenters. The molecule has 0 heterocycles. The van der Waals surface area contributed by atoms with Gasteiger partial charge in [-0.15, -0.1) is 0 Å². The van der Waals surface area contributed by atoms with Crippen molar-refractivity contribution in [3.05, 3.63) is 253 Å². The SMILES string of the molecule is c1ccc(-c2ccc3cc(-c4c5ccccc5c(-c5ccc6cc7c(cc6c5)C(c5ccccc5)(c5ccccc5)c5ccccc5-7)c5ccccc45)ccc3c2)cc1. The molecule has 274 valence electrons. The minimum atomic E-state index is -0.442. The molecular formula is C59H38. The maximum absolute atomic E-state index is 2.49. The third-order valence-electron chi connectivity index (χ3n) is 12.9. The molecule has 11 aromatic rings. The molecule has 0 saturated carbocycles. The molecule has 0 saturated heterocycles. The molecular weight excluding hydrogens is 709 g/mol. The first-order valence-electron chi connectivity index (χ1n) is 20.6. The van der Waals surface area contributed by atoms with Gasteiger partial charge in [0.1, 0.15) is 0 Å². The van der Waals surface area contributed by atoms with Gasteiger partial charge in [0, 0.05) is 0 Å². The highest BCUT2D eigenvalue weighted by Gasteiger charge is 2.46. The maximum Gasteiger partial charge on any atom is 0.0713 e. The normalized spacial score (nSPS) is 12.9. The van der Waals surface area contributed by atoms with E-state index in [0.29, 0.717) is 0 Å². The van der Waals surface area contributed by atoms with Gasteiger partial charge in [0.2, 0.25) is 0 Å². The molecule has 0 nitrogen and oxygen atoms in total. The molecule has 0 spiro atoms. The van der Waals surface area contributed by atoms with E-state index >= 15 is 0 Å². The minimum absolute atomic E-state index is 0.442. The Hall–Kier alpha value is -7.54. The fourth-order valence-corrected chi connectivity index (χ4v) is 10.3. The molecule has 11 aromatic carbocycles. The van der Waals surface area contributed by atoms with Gasteiger partial charge >= 0.3 is 0 Å². The second-order valence-corrected chi connectivity index (χ2v) is 16.0. The van der Waals surface area contributed by atoms with Crippen LogP contribution in [0.1, 0.15) is 22.3 Å². The number of benzene rings is 11. The van der Waals surface area contributed by atoms with Crippen LogP contribution in [-0.2, 0) is 5.41 Å². The van der Waals surface area contributed by atoms with Gasteiger partial charge in [-0.05, 0) is 140 Å². The lowest BCUT2D eigenvalue weighted by molar-refractivity contribution is 0.769.